The third-order valence-corrected chi connectivity index (χ3v) is 4.37. The highest BCUT2D eigenvalue weighted by Crippen LogP contribution is 2.31. The molecule has 7 nitrogen and oxygen atoms in total. The lowest BCUT2D eigenvalue weighted by molar-refractivity contribution is -0.0511. The molecule has 1 N–H and O–H groups in total. The number of aromatic nitrogens is 4. The number of para-hydroxylation sites is 2. The van der Waals surface area contributed by atoms with Crippen LogP contribution in [0.15, 0.2) is 47.5 Å². The summed E-state index contributed by atoms with van der Waals surface area (Å²) in [7, 11) is 1.31. The summed E-state index contributed by atoms with van der Waals surface area (Å²) in [6.07, 6.45) is 2.16. The number of hydrogen-bond acceptors (Lipinski definition) is 5. The second kappa shape index (κ2) is 7.26. The smallest absolute Gasteiger partial charge is 0.387 e. The Bertz CT molecular complexity index is 1200. The summed E-state index contributed by atoms with van der Waals surface area (Å²) in [5, 5.41) is 0.232. The zero-order valence-corrected chi connectivity index (χ0v) is 14.9. The van der Waals surface area contributed by atoms with E-state index >= 15 is 0 Å². The van der Waals surface area contributed by atoms with E-state index in [0.717, 1.165) is 11.0 Å². The minimum absolute atomic E-state index is 0.0396. The van der Waals surface area contributed by atoms with Gasteiger partial charge in [-0.3, -0.25) is 4.79 Å². The molecule has 0 bridgehead atoms. The number of ether oxygens (including phenoxy) is 2. The predicted molar refractivity (Wildman–Crippen MR) is 99.0 cm³/mol. The molecule has 0 unspecified atom stereocenters. The number of nitrogens with one attached hydrogen (secondary N) is 1. The summed E-state index contributed by atoms with van der Waals surface area (Å²) in [6.45, 7) is -2.46. The summed E-state index contributed by atoms with van der Waals surface area (Å²) in [5.74, 6) is 0.302. The van der Waals surface area contributed by atoms with E-state index in [-0.39, 0.29) is 28.0 Å². The van der Waals surface area contributed by atoms with Gasteiger partial charge in [0.05, 0.1) is 35.4 Å². The maximum Gasteiger partial charge on any atom is 0.387 e. The second-order valence-corrected chi connectivity index (χ2v) is 6.09. The van der Waals surface area contributed by atoms with Crippen molar-refractivity contribution in [2.75, 3.05) is 7.11 Å². The molecule has 0 fully saturated rings. The van der Waals surface area contributed by atoms with Crippen LogP contribution < -0.4 is 15.0 Å². The normalized spacial score (nSPS) is 11.4. The van der Waals surface area contributed by atoms with Crippen LogP contribution in [0.2, 0.25) is 0 Å². The number of halogens is 2. The van der Waals surface area contributed by atoms with Crippen LogP contribution in [0.1, 0.15) is 5.82 Å². The van der Waals surface area contributed by atoms with E-state index in [2.05, 4.69) is 19.7 Å². The van der Waals surface area contributed by atoms with E-state index < -0.39 is 6.61 Å². The molecule has 0 saturated carbocycles. The number of benzene rings is 2. The van der Waals surface area contributed by atoms with Crippen LogP contribution in [-0.4, -0.2) is 33.2 Å². The van der Waals surface area contributed by atoms with Gasteiger partial charge in [0.1, 0.15) is 5.82 Å². The Kier molecular flexibility index (Phi) is 4.64. The van der Waals surface area contributed by atoms with Gasteiger partial charge >= 0.3 is 6.61 Å². The number of imidazole rings is 1. The molecule has 2 heterocycles. The largest absolute Gasteiger partial charge is 0.493 e. The van der Waals surface area contributed by atoms with Gasteiger partial charge < -0.3 is 19.0 Å². The molecular formula is C19H16F2N4O3. The first-order chi connectivity index (χ1) is 13.5. The van der Waals surface area contributed by atoms with Crippen molar-refractivity contribution in [3.05, 3.63) is 58.9 Å². The third kappa shape index (κ3) is 3.38. The van der Waals surface area contributed by atoms with E-state index in [4.69, 9.17) is 4.74 Å². The van der Waals surface area contributed by atoms with E-state index in [1.165, 1.54) is 19.2 Å². The van der Waals surface area contributed by atoms with Gasteiger partial charge in [-0.1, -0.05) is 12.1 Å². The van der Waals surface area contributed by atoms with Crippen molar-refractivity contribution in [1.82, 2.24) is 19.5 Å². The van der Waals surface area contributed by atoms with Gasteiger partial charge in [-0.15, -0.1) is 0 Å². The van der Waals surface area contributed by atoms with Gasteiger partial charge in [0, 0.05) is 19.0 Å². The van der Waals surface area contributed by atoms with Gasteiger partial charge in [0.2, 0.25) is 0 Å². The molecule has 0 aliphatic rings. The molecule has 0 radical (unpaired) electrons. The van der Waals surface area contributed by atoms with Gasteiger partial charge in [-0.05, 0) is 18.2 Å². The third-order valence-electron chi connectivity index (χ3n) is 4.37. The van der Waals surface area contributed by atoms with Crippen molar-refractivity contribution in [2.24, 2.45) is 0 Å². The molecule has 0 spiro atoms. The highest BCUT2D eigenvalue weighted by molar-refractivity contribution is 5.81. The molecule has 0 saturated heterocycles. The minimum Gasteiger partial charge on any atom is -0.493 e. The highest BCUT2D eigenvalue weighted by atomic mass is 19.3. The number of aromatic amines is 1. The van der Waals surface area contributed by atoms with Crippen LogP contribution >= 0.6 is 0 Å². The first kappa shape index (κ1) is 17.9. The molecule has 2 aromatic heterocycles. The van der Waals surface area contributed by atoms with Gasteiger partial charge in [-0.25, -0.2) is 9.97 Å². The van der Waals surface area contributed by atoms with E-state index in [1.807, 2.05) is 28.8 Å². The summed E-state index contributed by atoms with van der Waals surface area (Å²) in [4.78, 5) is 23.9. The molecule has 4 rings (SSSR count). The van der Waals surface area contributed by atoms with Crippen LogP contribution in [0, 0.1) is 0 Å². The lowest BCUT2D eigenvalue weighted by atomic mass is 10.2. The molecule has 0 aliphatic carbocycles. The number of nitrogens with zero attached hydrogens (tertiary/aromatic N) is 3. The fourth-order valence-electron chi connectivity index (χ4n) is 3.08. The SMILES string of the molecule is COc1cc2c(=O)[nH]c(CCn3cnc4ccccc43)nc2cc1OC(F)F. The lowest BCUT2D eigenvalue weighted by Crippen LogP contribution is -2.14. The van der Waals surface area contributed by atoms with Gasteiger partial charge in [0.25, 0.3) is 5.56 Å². The minimum atomic E-state index is -3.01. The zero-order valence-electron chi connectivity index (χ0n) is 14.9. The van der Waals surface area contributed by atoms with E-state index in [9.17, 15) is 13.6 Å². The topological polar surface area (TPSA) is 82.0 Å². The van der Waals surface area contributed by atoms with Crippen molar-refractivity contribution in [3.63, 3.8) is 0 Å². The predicted octanol–water partition coefficient (Wildman–Crippen LogP) is 3.13. The standard InChI is InChI=1S/C19H16F2N4O3/c1-27-15-8-11-13(9-16(15)28-19(20)21)23-17(24-18(11)26)6-7-25-10-22-12-4-2-3-5-14(12)25/h2-5,8-10,19H,6-7H2,1H3,(H,23,24,26). The Labute approximate surface area is 157 Å². The van der Waals surface area contributed by atoms with E-state index in [1.54, 1.807) is 6.33 Å². The Morgan fingerprint density at radius 2 is 2.00 bits per heavy atom. The quantitative estimate of drug-likeness (QED) is 0.551. The van der Waals surface area contributed by atoms with Crippen molar-refractivity contribution >= 4 is 21.9 Å². The second-order valence-electron chi connectivity index (χ2n) is 6.09. The van der Waals surface area contributed by atoms with Crippen LogP contribution in [0.3, 0.4) is 0 Å². The molecule has 4 aromatic rings. The monoisotopic (exact) mass is 386 g/mol. The summed E-state index contributed by atoms with van der Waals surface area (Å²) in [6, 6.07) is 10.3. The van der Waals surface area contributed by atoms with Crippen molar-refractivity contribution in [1.29, 1.82) is 0 Å². The average molecular weight is 386 g/mol. The fraction of sp³-hybridized carbons (Fsp3) is 0.211. The molecule has 0 aliphatic heterocycles. The molecule has 144 valence electrons. The van der Waals surface area contributed by atoms with Crippen LogP contribution in [0.5, 0.6) is 11.5 Å². The number of hydrogen-bond donors (Lipinski definition) is 1. The summed E-state index contributed by atoms with van der Waals surface area (Å²) >= 11 is 0. The molecule has 9 heteroatoms. The number of methoxy groups -OCH3 is 1. The first-order valence-electron chi connectivity index (χ1n) is 8.51. The Balaban J connectivity index is 1.67. The molecule has 2 aromatic carbocycles. The Morgan fingerprint density at radius 3 is 2.79 bits per heavy atom. The Morgan fingerprint density at radius 1 is 1.18 bits per heavy atom. The lowest BCUT2D eigenvalue weighted by Gasteiger charge is -2.11. The molecule has 0 amide bonds. The summed E-state index contributed by atoms with van der Waals surface area (Å²) < 4.78 is 36.7. The number of rotatable bonds is 6. The van der Waals surface area contributed by atoms with Gasteiger partial charge in [0.15, 0.2) is 11.5 Å². The zero-order chi connectivity index (χ0) is 19.7. The average Bonchev–Trinajstić information content (AvgIpc) is 3.08. The van der Waals surface area contributed by atoms with Crippen LogP contribution in [0.25, 0.3) is 21.9 Å². The first-order valence-corrected chi connectivity index (χ1v) is 8.51. The number of fused-ring (bicyclic) bond motifs is 2. The Hall–Kier alpha value is -3.49. The summed E-state index contributed by atoms with van der Waals surface area (Å²) in [5.41, 5.74) is 1.73. The van der Waals surface area contributed by atoms with Crippen LogP contribution in [-0.2, 0) is 13.0 Å². The molecule has 28 heavy (non-hydrogen) atoms. The number of aryl methyl sites for hydroxylation is 2. The van der Waals surface area contributed by atoms with Crippen molar-refractivity contribution < 1.29 is 18.3 Å². The molecule has 0 atom stereocenters. The number of H-pyrrole nitrogens is 1. The van der Waals surface area contributed by atoms with Gasteiger partial charge in [-0.2, -0.15) is 8.78 Å². The van der Waals surface area contributed by atoms with Crippen LogP contribution in [0.4, 0.5) is 8.78 Å². The van der Waals surface area contributed by atoms with Crippen molar-refractivity contribution in [2.45, 2.75) is 19.6 Å². The highest BCUT2D eigenvalue weighted by Gasteiger charge is 2.15. The number of alkyl halides is 2. The van der Waals surface area contributed by atoms with Crippen molar-refractivity contribution in [3.8, 4) is 11.5 Å². The maximum absolute atomic E-state index is 12.6. The molecular weight excluding hydrogens is 370 g/mol. The van der Waals surface area contributed by atoms with E-state index in [0.29, 0.717) is 18.8 Å². The maximum atomic E-state index is 12.6. The fourth-order valence-corrected chi connectivity index (χ4v) is 3.08.